The summed E-state index contributed by atoms with van der Waals surface area (Å²) in [5, 5.41) is 6.74. The molecule has 2 aromatic carbocycles. The summed E-state index contributed by atoms with van der Waals surface area (Å²) in [6.45, 7) is 6.14. The molecule has 0 aliphatic heterocycles. The highest BCUT2D eigenvalue weighted by Gasteiger charge is 2.20. The first-order valence-corrected chi connectivity index (χ1v) is 8.37. The van der Waals surface area contributed by atoms with Crippen LogP contribution in [0.2, 0.25) is 0 Å². The Balaban J connectivity index is 1.69. The Morgan fingerprint density at radius 1 is 1.08 bits per heavy atom. The van der Waals surface area contributed by atoms with Crippen molar-refractivity contribution in [2.75, 3.05) is 10.6 Å². The molecule has 0 atom stereocenters. The standard InChI is InChI=1S/C20H21FN4O/c1-20(2,3)19(26)25-15-7-4-13(5-8-15)11-22-18-16-10-14(21)6-9-17(16)23-12-24-18/h4-10,12H,11H2,1-3H3,(H,25,26)(H,22,23,24). The number of benzene rings is 2. The van der Waals surface area contributed by atoms with Crippen molar-refractivity contribution in [3.8, 4) is 0 Å². The predicted octanol–water partition coefficient (Wildman–Crippen LogP) is 4.37. The van der Waals surface area contributed by atoms with Gasteiger partial charge in [-0.25, -0.2) is 14.4 Å². The highest BCUT2D eigenvalue weighted by atomic mass is 19.1. The molecule has 26 heavy (non-hydrogen) atoms. The van der Waals surface area contributed by atoms with Gasteiger partial charge in [0.15, 0.2) is 0 Å². The van der Waals surface area contributed by atoms with Crippen LogP contribution in [0.15, 0.2) is 48.8 Å². The second kappa shape index (κ2) is 7.07. The van der Waals surface area contributed by atoms with E-state index in [4.69, 9.17) is 0 Å². The molecule has 6 heteroatoms. The topological polar surface area (TPSA) is 66.9 Å². The van der Waals surface area contributed by atoms with Gasteiger partial charge in [-0.1, -0.05) is 32.9 Å². The Hall–Kier alpha value is -3.02. The molecule has 1 amide bonds. The fourth-order valence-electron chi connectivity index (χ4n) is 2.38. The first kappa shape index (κ1) is 17.8. The molecule has 0 aliphatic carbocycles. The predicted molar refractivity (Wildman–Crippen MR) is 101 cm³/mol. The van der Waals surface area contributed by atoms with E-state index in [9.17, 15) is 9.18 Å². The van der Waals surface area contributed by atoms with Gasteiger partial charge in [-0.3, -0.25) is 4.79 Å². The second-order valence-corrected chi connectivity index (χ2v) is 7.14. The highest BCUT2D eigenvalue weighted by molar-refractivity contribution is 5.94. The highest BCUT2D eigenvalue weighted by Crippen LogP contribution is 2.21. The van der Waals surface area contributed by atoms with Gasteiger partial charge in [-0.15, -0.1) is 0 Å². The Morgan fingerprint density at radius 3 is 2.50 bits per heavy atom. The lowest BCUT2D eigenvalue weighted by Crippen LogP contribution is -2.27. The fourth-order valence-corrected chi connectivity index (χ4v) is 2.38. The van der Waals surface area contributed by atoms with Crippen LogP contribution in [0.25, 0.3) is 10.9 Å². The largest absolute Gasteiger partial charge is 0.365 e. The molecular formula is C20H21FN4O. The van der Waals surface area contributed by atoms with E-state index < -0.39 is 5.41 Å². The van der Waals surface area contributed by atoms with Crippen LogP contribution in [0.5, 0.6) is 0 Å². The minimum atomic E-state index is -0.441. The molecule has 0 saturated carbocycles. The number of nitrogens with one attached hydrogen (secondary N) is 2. The van der Waals surface area contributed by atoms with E-state index in [0.29, 0.717) is 23.3 Å². The number of fused-ring (bicyclic) bond motifs is 1. The van der Waals surface area contributed by atoms with Crippen molar-refractivity contribution < 1.29 is 9.18 Å². The summed E-state index contributed by atoms with van der Waals surface area (Å²) >= 11 is 0. The summed E-state index contributed by atoms with van der Waals surface area (Å²) in [7, 11) is 0. The van der Waals surface area contributed by atoms with Crippen molar-refractivity contribution in [2.45, 2.75) is 27.3 Å². The number of hydrogen-bond donors (Lipinski definition) is 2. The molecule has 0 saturated heterocycles. The maximum Gasteiger partial charge on any atom is 0.229 e. The average Bonchev–Trinajstić information content (AvgIpc) is 2.60. The molecule has 1 heterocycles. The van der Waals surface area contributed by atoms with Gasteiger partial charge < -0.3 is 10.6 Å². The van der Waals surface area contributed by atoms with Crippen molar-refractivity contribution >= 4 is 28.3 Å². The zero-order valence-electron chi connectivity index (χ0n) is 15.0. The van der Waals surface area contributed by atoms with Crippen molar-refractivity contribution in [2.24, 2.45) is 5.41 Å². The molecule has 3 rings (SSSR count). The third kappa shape index (κ3) is 4.14. The van der Waals surface area contributed by atoms with Gasteiger partial charge in [0.2, 0.25) is 5.91 Å². The minimum Gasteiger partial charge on any atom is -0.365 e. The Labute approximate surface area is 151 Å². The number of carbonyl (C=O) groups excluding carboxylic acids is 1. The molecule has 134 valence electrons. The zero-order valence-corrected chi connectivity index (χ0v) is 15.0. The molecule has 5 nitrogen and oxygen atoms in total. The van der Waals surface area contributed by atoms with E-state index in [2.05, 4.69) is 20.6 Å². The maximum atomic E-state index is 13.5. The summed E-state index contributed by atoms with van der Waals surface area (Å²) in [5.41, 5.74) is 2.01. The summed E-state index contributed by atoms with van der Waals surface area (Å²) in [5.74, 6) is 0.228. The Bertz CT molecular complexity index is 933. The lowest BCUT2D eigenvalue weighted by Gasteiger charge is -2.17. The lowest BCUT2D eigenvalue weighted by molar-refractivity contribution is -0.123. The summed E-state index contributed by atoms with van der Waals surface area (Å²) in [6, 6.07) is 12.0. The summed E-state index contributed by atoms with van der Waals surface area (Å²) < 4.78 is 13.5. The smallest absolute Gasteiger partial charge is 0.229 e. The van der Waals surface area contributed by atoms with Gasteiger partial charge >= 0.3 is 0 Å². The fraction of sp³-hybridized carbons (Fsp3) is 0.250. The maximum absolute atomic E-state index is 13.5. The van der Waals surface area contributed by atoms with Crippen LogP contribution in [0.3, 0.4) is 0 Å². The van der Waals surface area contributed by atoms with E-state index in [1.807, 2.05) is 45.0 Å². The van der Waals surface area contributed by atoms with Gasteiger partial charge in [0.1, 0.15) is 18.0 Å². The average molecular weight is 352 g/mol. The summed E-state index contributed by atoms with van der Waals surface area (Å²) in [6.07, 6.45) is 1.45. The molecule has 0 radical (unpaired) electrons. The van der Waals surface area contributed by atoms with E-state index in [1.54, 1.807) is 6.07 Å². The minimum absolute atomic E-state index is 0.0298. The van der Waals surface area contributed by atoms with E-state index in [1.165, 1.54) is 18.5 Å². The van der Waals surface area contributed by atoms with Gasteiger partial charge in [0, 0.05) is 23.0 Å². The van der Waals surface area contributed by atoms with E-state index in [0.717, 1.165) is 11.3 Å². The normalized spacial score (nSPS) is 11.4. The molecule has 0 unspecified atom stereocenters. The number of amides is 1. The quantitative estimate of drug-likeness (QED) is 0.732. The van der Waals surface area contributed by atoms with Crippen LogP contribution in [-0.2, 0) is 11.3 Å². The van der Waals surface area contributed by atoms with Gasteiger partial charge in [-0.05, 0) is 35.9 Å². The second-order valence-electron chi connectivity index (χ2n) is 7.14. The lowest BCUT2D eigenvalue weighted by atomic mass is 9.95. The van der Waals surface area contributed by atoms with Crippen LogP contribution in [0, 0.1) is 11.2 Å². The molecule has 3 aromatic rings. The molecule has 2 N–H and O–H groups in total. The van der Waals surface area contributed by atoms with E-state index >= 15 is 0 Å². The third-order valence-corrected chi connectivity index (χ3v) is 3.95. The number of hydrogen-bond acceptors (Lipinski definition) is 4. The van der Waals surface area contributed by atoms with Crippen LogP contribution in [0.4, 0.5) is 15.9 Å². The van der Waals surface area contributed by atoms with Crippen molar-refractivity contribution in [1.82, 2.24) is 9.97 Å². The molecule has 0 bridgehead atoms. The van der Waals surface area contributed by atoms with Gasteiger partial charge in [0.25, 0.3) is 0 Å². The number of aromatic nitrogens is 2. The Kier molecular flexibility index (Phi) is 4.84. The van der Waals surface area contributed by atoms with Crippen LogP contribution < -0.4 is 10.6 Å². The first-order chi connectivity index (χ1) is 12.3. The van der Waals surface area contributed by atoms with Gasteiger partial charge in [0.05, 0.1) is 5.52 Å². The molecule has 0 spiro atoms. The van der Waals surface area contributed by atoms with Crippen LogP contribution in [0.1, 0.15) is 26.3 Å². The number of rotatable bonds is 4. The summed E-state index contributed by atoms with van der Waals surface area (Å²) in [4.78, 5) is 20.4. The van der Waals surface area contributed by atoms with Crippen molar-refractivity contribution in [3.05, 3.63) is 60.2 Å². The van der Waals surface area contributed by atoms with Gasteiger partial charge in [-0.2, -0.15) is 0 Å². The number of anilines is 2. The SMILES string of the molecule is CC(C)(C)C(=O)Nc1ccc(CNc2ncnc3ccc(F)cc23)cc1. The molecule has 1 aromatic heterocycles. The molecular weight excluding hydrogens is 331 g/mol. The Morgan fingerprint density at radius 2 is 1.81 bits per heavy atom. The third-order valence-electron chi connectivity index (χ3n) is 3.95. The number of halogens is 1. The van der Waals surface area contributed by atoms with Crippen LogP contribution in [-0.4, -0.2) is 15.9 Å². The molecule has 0 aliphatic rings. The van der Waals surface area contributed by atoms with E-state index in [-0.39, 0.29) is 11.7 Å². The molecule has 0 fully saturated rings. The zero-order chi connectivity index (χ0) is 18.7. The monoisotopic (exact) mass is 352 g/mol. The first-order valence-electron chi connectivity index (χ1n) is 8.37. The van der Waals surface area contributed by atoms with Crippen LogP contribution >= 0.6 is 0 Å². The van der Waals surface area contributed by atoms with Crippen molar-refractivity contribution in [3.63, 3.8) is 0 Å². The number of nitrogens with zero attached hydrogens (tertiary/aromatic N) is 2. The van der Waals surface area contributed by atoms with Crippen molar-refractivity contribution in [1.29, 1.82) is 0 Å². The number of carbonyl (C=O) groups is 1.